The van der Waals surface area contributed by atoms with Gasteiger partial charge in [0.25, 0.3) is 0 Å². The van der Waals surface area contributed by atoms with Crippen molar-refractivity contribution in [2.75, 3.05) is 5.01 Å². The van der Waals surface area contributed by atoms with Crippen LogP contribution in [0.1, 0.15) is 36.4 Å². The average molecular weight is 524 g/mol. The monoisotopic (exact) mass is 523 g/mol. The zero-order chi connectivity index (χ0) is 26.0. The molecule has 2 atom stereocenters. The highest BCUT2D eigenvalue weighted by Gasteiger charge is 2.42. The Kier molecular flexibility index (Phi) is 6.39. The summed E-state index contributed by atoms with van der Waals surface area (Å²) in [5.41, 5.74) is 9.68. The van der Waals surface area contributed by atoms with Crippen molar-refractivity contribution in [2.24, 2.45) is 11.0 Å². The first-order valence-electron chi connectivity index (χ1n) is 13.6. The number of fused-ring (bicyclic) bond motifs is 1. The van der Waals surface area contributed by atoms with E-state index in [4.69, 9.17) is 10.1 Å². The molecule has 1 aliphatic carbocycles. The maximum absolute atomic E-state index is 5.31. The fourth-order valence-corrected chi connectivity index (χ4v) is 6.68. The van der Waals surface area contributed by atoms with Gasteiger partial charge < -0.3 is 0 Å². The van der Waals surface area contributed by atoms with Crippen LogP contribution >= 0.6 is 11.3 Å². The summed E-state index contributed by atoms with van der Waals surface area (Å²) in [5, 5.41) is 10.6. The number of nitrogens with zero attached hydrogens (tertiary/aromatic N) is 3. The Morgan fingerprint density at radius 3 is 2.10 bits per heavy atom. The summed E-state index contributed by atoms with van der Waals surface area (Å²) >= 11 is 1.68. The molecule has 190 valence electrons. The first-order chi connectivity index (χ1) is 19.3. The maximum atomic E-state index is 5.31. The number of hydrazone groups is 1. The van der Waals surface area contributed by atoms with E-state index in [1.165, 1.54) is 40.0 Å². The molecule has 0 amide bonds. The second kappa shape index (κ2) is 10.5. The summed E-state index contributed by atoms with van der Waals surface area (Å²) in [7, 11) is 0. The van der Waals surface area contributed by atoms with Crippen molar-refractivity contribution in [1.29, 1.82) is 0 Å². The van der Waals surface area contributed by atoms with Gasteiger partial charge in [0.1, 0.15) is 0 Å². The summed E-state index contributed by atoms with van der Waals surface area (Å²) in [6.07, 6.45) is 5.71. The van der Waals surface area contributed by atoms with Gasteiger partial charge in [0.15, 0.2) is 0 Å². The van der Waals surface area contributed by atoms with Crippen LogP contribution < -0.4 is 5.01 Å². The molecule has 7 rings (SSSR count). The van der Waals surface area contributed by atoms with Gasteiger partial charge in [-0.25, -0.2) is 9.99 Å². The van der Waals surface area contributed by atoms with Crippen LogP contribution in [-0.4, -0.2) is 10.7 Å². The van der Waals surface area contributed by atoms with E-state index in [2.05, 4.69) is 132 Å². The molecule has 1 fully saturated rings. The smallest absolute Gasteiger partial charge is 0.207 e. The second-order valence-corrected chi connectivity index (χ2v) is 11.1. The lowest BCUT2D eigenvalue weighted by molar-refractivity contribution is 0.487. The van der Waals surface area contributed by atoms with Gasteiger partial charge in [0.2, 0.25) is 5.13 Å². The summed E-state index contributed by atoms with van der Waals surface area (Å²) in [5.74, 6) is 0.355. The van der Waals surface area contributed by atoms with E-state index < -0.39 is 0 Å². The van der Waals surface area contributed by atoms with E-state index in [0.717, 1.165) is 29.2 Å². The largest absolute Gasteiger partial charge is 0.231 e. The van der Waals surface area contributed by atoms with E-state index in [-0.39, 0.29) is 6.04 Å². The quantitative estimate of drug-likeness (QED) is 0.230. The van der Waals surface area contributed by atoms with E-state index in [1.807, 2.05) is 0 Å². The number of anilines is 1. The van der Waals surface area contributed by atoms with E-state index >= 15 is 0 Å². The van der Waals surface area contributed by atoms with Crippen molar-refractivity contribution < 1.29 is 0 Å². The Morgan fingerprint density at radius 2 is 1.36 bits per heavy atom. The standard InChI is InChI=1S/C35H29N3S/c1-4-11-25(12-5-1)23-30-17-10-18-31-33(30)37-38(34(31)29-15-8-3-9-16-29)35-36-32(24-39-35)28-21-19-27(20-22-28)26-13-6-2-7-14-26/h1-9,11-16,19-24,31,34H,10,17-18H2/b30-23-/t31-,34+/m0/s1. The minimum Gasteiger partial charge on any atom is -0.231 e. The third kappa shape index (κ3) is 4.73. The third-order valence-electron chi connectivity index (χ3n) is 7.76. The fourth-order valence-electron chi connectivity index (χ4n) is 5.86. The predicted octanol–water partition coefficient (Wildman–Crippen LogP) is 9.28. The number of hydrogen-bond acceptors (Lipinski definition) is 4. The number of hydrogen-bond donors (Lipinski definition) is 0. The first-order valence-corrected chi connectivity index (χ1v) is 14.5. The summed E-state index contributed by atoms with van der Waals surface area (Å²) in [6.45, 7) is 0. The number of allylic oxidation sites excluding steroid dienone is 1. The molecule has 1 aliphatic heterocycles. The molecule has 3 nitrogen and oxygen atoms in total. The van der Waals surface area contributed by atoms with Gasteiger partial charge in [-0.15, -0.1) is 11.3 Å². The molecule has 0 spiro atoms. The van der Waals surface area contributed by atoms with Crippen molar-refractivity contribution in [3.05, 3.63) is 137 Å². The number of benzene rings is 4. The molecular weight excluding hydrogens is 494 g/mol. The molecule has 4 aromatic carbocycles. The Hall–Kier alpha value is -4.28. The van der Waals surface area contributed by atoms with Gasteiger partial charge in [-0.05, 0) is 53.2 Å². The Labute approximate surface area is 233 Å². The topological polar surface area (TPSA) is 28.5 Å². The Balaban J connectivity index is 1.24. The Morgan fingerprint density at radius 1 is 0.718 bits per heavy atom. The van der Waals surface area contributed by atoms with E-state index in [0.29, 0.717) is 5.92 Å². The molecule has 4 heteroatoms. The van der Waals surface area contributed by atoms with Gasteiger partial charge in [0, 0.05) is 16.9 Å². The van der Waals surface area contributed by atoms with Gasteiger partial charge in [-0.1, -0.05) is 115 Å². The molecule has 0 N–H and O–H groups in total. The molecule has 1 saturated carbocycles. The van der Waals surface area contributed by atoms with Crippen molar-refractivity contribution >= 4 is 28.3 Å². The van der Waals surface area contributed by atoms with Crippen LogP contribution in [0.15, 0.2) is 131 Å². The van der Waals surface area contributed by atoms with Crippen LogP contribution in [0.4, 0.5) is 5.13 Å². The fraction of sp³-hybridized carbons (Fsp3) is 0.143. The molecule has 5 aromatic rings. The van der Waals surface area contributed by atoms with Gasteiger partial charge >= 0.3 is 0 Å². The highest BCUT2D eigenvalue weighted by Crippen LogP contribution is 2.47. The minimum absolute atomic E-state index is 0.153. The second-order valence-electron chi connectivity index (χ2n) is 10.2. The molecule has 0 unspecified atom stereocenters. The first kappa shape index (κ1) is 23.8. The van der Waals surface area contributed by atoms with Crippen LogP contribution in [0, 0.1) is 5.92 Å². The van der Waals surface area contributed by atoms with E-state index in [9.17, 15) is 0 Å². The van der Waals surface area contributed by atoms with Crippen LogP contribution in [0.5, 0.6) is 0 Å². The molecule has 2 aliphatic rings. The highest BCUT2D eigenvalue weighted by molar-refractivity contribution is 7.14. The van der Waals surface area contributed by atoms with Crippen LogP contribution in [0.2, 0.25) is 0 Å². The van der Waals surface area contributed by atoms with Crippen LogP contribution in [0.25, 0.3) is 28.5 Å². The Bertz CT molecular complexity index is 1620. The van der Waals surface area contributed by atoms with Gasteiger partial charge in [-0.2, -0.15) is 5.10 Å². The third-order valence-corrected chi connectivity index (χ3v) is 8.59. The molecule has 0 bridgehead atoms. The van der Waals surface area contributed by atoms with Crippen molar-refractivity contribution in [3.8, 4) is 22.4 Å². The van der Waals surface area contributed by atoms with E-state index in [1.54, 1.807) is 11.3 Å². The number of thiazole rings is 1. The van der Waals surface area contributed by atoms with Crippen LogP contribution in [0.3, 0.4) is 0 Å². The lowest BCUT2D eigenvalue weighted by atomic mass is 9.77. The van der Waals surface area contributed by atoms with Crippen molar-refractivity contribution in [1.82, 2.24) is 4.98 Å². The molecule has 0 radical (unpaired) electrons. The number of rotatable bonds is 5. The summed E-state index contributed by atoms with van der Waals surface area (Å²) in [6, 6.07) is 40.8. The number of aromatic nitrogens is 1. The zero-order valence-electron chi connectivity index (χ0n) is 21.7. The zero-order valence-corrected chi connectivity index (χ0v) is 22.5. The van der Waals surface area contributed by atoms with Gasteiger partial charge in [-0.3, -0.25) is 0 Å². The molecule has 1 aromatic heterocycles. The lowest BCUT2D eigenvalue weighted by Crippen LogP contribution is -2.28. The normalized spacial score (nSPS) is 19.6. The molecule has 0 saturated heterocycles. The van der Waals surface area contributed by atoms with Crippen molar-refractivity contribution in [3.63, 3.8) is 0 Å². The molecule has 39 heavy (non-hydrogen) atoms. The van der Waals surface area contributed by atoms with Crippen molar-refractivity contribution in [2.45, 2.75) is 25.3 Å². The summed E-state index contributed by atoms with van der Waals surface area (Å²) < 4.78 is 0. The highest BCUT2D eigenvalue weighted by atomic mass is 32.1. The SMILES string of the molecule is C(=C1\CCC[C@H]2C1=NN(c1nc(-c3ccc(-c4ccccc4)cc3)cs1)[C@@H]2c1ccccc1)/c1ccccc1. The minimum atomic E-state index is 0.153. The van der Waals surface area contributed by atoms with Gasteiger partial charge in [0.05, 0.1) is 17.4 Å². The molecular formula is C35H29N3S. The predicted molar refractivity (Wildman–Crippen MR) is 164 cm³/mol. The molecule has 2 heterocycles. The average Bonchev–Trinajstić information content (AvgIpc) is 3.65. The maximum Gasteiger partial charge on any atom is 0.207 e. The lowest BCUT2D eigenvalue weighted by Gasteiger charge is -2.29. The summed E-state index contributed by atoms with van der Waals surface area (Å²) in [4.78, 5) is 5.13. The van der Waals surface area contributed by atoms with Crippen LogP contribution in [-0.2, 0) is 0 Å².